The van der Waals surface area contributed by atoms with Crippen LogP contribution >= 0.6 is 0 Å². The van der Waals surface area contributed by atoms with Crippen molar-refractivity contribution < 1.29 is 5.11 Å². The van der Waals surface area contributed by atoms with Crippen molar-refractivity contribution in [2.75, 3.05) is 5.32 Å². The highest BCUT2D eigenvalue weighted by Crippen LogP contribution is 2.25. The standard InChI is InChI=1S/C13H18N2O/c1-12(2,13(3,4)16)15-11-7-5-10(9-14)6-8-11/h5-8,15-16H,1-4H3. The van der Waals surface area contributed by atoms with Crippen molar-refractivity contribution in [3.8, 4) is 6.07 Å². The van der Waals surface area contributed by atoms with Crippen molar-refractivity contribution in [3.05, 3.63) is 29.8 Å². The molecule has 3 heteroatoms. The van der Waals surface area contributed by atoms with Gasteiger partial charge in [0.1, 0.15) is 0 Å². The quantitative estimate of drug-likeness (QED) is 0.819. The van der Waals surface area contributed by atoms with Crippen molar-refractivity contribution in [1.29, 1.82) is 5.26 Å². The largest absolute Gasteiger partial charge is 0.388 e. The number of nitrogens with one attached hydrogen (secondary N) is 1. The van der Waals surface area contributed by atoms with E-state index in [9.17, 15) is 5.11 Å². The second-order valence-electron chi connectivity index (χ2n) is 5.00. The summed E-state index contributed by atoms with van der Waals surface area (Å²) in [6.45, 7) is 7.41. The predicted octanol–water partition coefficient (Wildman–Crippen LogP) is 2.52. The number of hydrogen-bond acceptors (Lipinski definition) is 3. The highest BCUT2D eigenvalue weighted by molar-refractivity contribution is 5.49. The monoisotopic (exact) mass is 218 g/mol. The van der Waals surface area contributed by atoms with Gasteiger partial charge in [-0.1, -0.05) is 0 Å². The first-order chi connectivity index (χ1) is 7.26. The minimum absolute atomic E-state index is 0.443. The molecule has 0 aromatic heterocycles. The van der Waals surface area contributed by atoms with Crippen molar-refractivity contribution in [2.45, 2.75) is 38.8 Å². The van der Waals surface area contributed by atoms with Gasteiger partial charge in [-0.05, 0) is 52.0 Å². The lowest BCUT2D eigenvalue weighted by molar-refractivity contribution is 0.0240. The minimum Gasteiger partial charge on any atom is -0.388 e. The van der Waals surface area contributed by atoms with E-state index >= 15 is 0 Å². The van der Waals surface area contributed by atoms with E-state index in [1.165, 1.54) is 0 Å². The Labute approximate surface area is 96.7 Å². The van der Waals surface area contributed by atoms with Crippen molar-refractivity contribution >= 4 is 5.69 Å². The first-order valence-electron chi connectivity index (χ1n) is 5.27. The van der Waals surface area contributed by atoms with Crippen molar-refractivity contribution in [3.63, 3.8) is 0 Å². The molecular weight excluding hydrogens is 200 g/mol. The van der Waals surface area contributed by atoms with Gasteiger partial charge in [0.2, 0.25) is 0 Å². The number of hydrogen-bond donors (Lipinski definition) is 2. The predicted molar refractivity (Wildman–Crippen MR) is 65.2 cm³/mol. The Morgan fingerprint density at radius 3 is 2.00 bits per heavy atom. The number of rotatable bonds is 3. The minimum atomic E-state index is -0.832. The Bertz CT molecular complexity index is 393. The number of anilines is 1. The molecule has 0 bridgehead atoms. The number of nitrogens with zero attached hydrogens (tertiary/aromatic N) is 1. The molecule has 1 aromatic rings. The van der Waals surface area contributed by atoms with Crippen LogP contribution in [0, 0.1) is 11.3 Å². The Morgan fingerprint density at radius 2 is 1.62 bits per heavy atom. The molecule has 0 heterocycles. The SMILES string of the molecule is CC(C)(O)C(C)(C)Nc1ccc(C#N)cc1. The van der Waals surface area contributed by atoms with Gasteiger partial charge in [-0.2, -0.15) is 5.26 Å². The molecule has 0 fully saturated rings. The van der Waals surface area contributed by atoms with Crippen LogP contribution in [0.25, 0.3) is 0 Å². The number of aliphatic hydroxyl groups is 1. The zero-order valence-corrected chi connectivity index (χ0v) is 10.2. The zero-order valence-electron chi connectivity index (χ0n) is 10.2. The Kier molecular flexibility index (Phi) is 3.25. The van der Waals surface area contributed by atoms with Crippen LogP contribution in [0.2, 0.25) is 0 Å². The molecule has 1 aromatic carbocycles. The summed E-state index contributed by atoms with van der Waals surface area (Å²) in [7, 11) is 0. The smallest absolute Gasteiger partial charge is 0.0991 e. The number of nitriles is 1. The van der Waals surface area contributed by atoms with Gasteiger partial charge in [0.25, 0.3) is 0 Å². The van der Waals surface area contributed by atoms with E-state index in [2.05, 4.69) is 11.4 Å². The summed E-state index contributed by atoms with van der Waals surface area (Å²) < 4.78 is 0. The molecule has 16 heavy (non-hydrogen) atoms. The van der Waals surface area contributed by atoms with Crippen molar-refractivity contribution in [1.82, 2.24) is 0 Å². The fraction of sp³-hybridized carbons (Fsp3) is 0.462. The normalized spacial score (nSPS) is 12.0. The molecule has 0 amide bonds. The highest BCUT2D eigenvalue weighted by Gasteiger charge is 2.34. The summed E-state index contributed by atoms with van der Waals surface area (Å²) in [5.74, 6) is 0. The molecule has 0 atom stereocenters. The Morgan fingerprint density at radius 1 is 1.12 bits per heavy atom. The summed E-state index contributed by atoms with van der Waals surface area (Å²) in [6.07, 6.45) is 0. The zero-order chi connectivity index (χ0) is 12.4. The Balaban J connectivity index is 2.85. The van der Waals surface area contributed by atoms with Crippen LogP contribution in [0.3, 0.4) is 0 Å². The van der Waals surface area contributed by atoms with Crippen LogP contribution in [0.5, 0.6) is 0 Å². The summed E-state index contributed by atoms with van der Waals surface area (Å²) in [6, 6.07) is 9.25. The molecule has 0 spiro atoms. The molecule has 2 N–H and O–H groups in total. The molecule has 1 rings (SSSR count). The fourth-order valence-corrected chi connectivity index (χ4v) is 1.14. The first-order valence-corrected chi connectivity index (χ1v) is 5.27. The van der Waals surface area contributed by atoms with Crippen LogP contribution in [0.4, 0.5) is 5.69 Å². The van der Waals surface area contributed by atoms with Gasteiger partial charge >= 0.3 is 0 Å². The van der Waals surface area contributed by atoms with Crippen molar-refractivity contribution in [2.24, 2.45) is 0 Å². The van der Waals surface area contributed by atoms with Gasteiger partial charge in [0.15, 0.2) is 0 Å². The third kappa shape index (κ3) is 2.74. The van der Waals surface area contributed by atoms with Gasteiger partial charge in [-0.25, -0.2) is 0 Å². The second-order valence-corrected chi connectivity index (χ2v) is 5.00. The van der Waals surface area contributed by atoms with E-state index in [-0.39, 0.29) is 0 Å². The average Bonchev–Trinajstić information content (AvgIpc) is 2.16. The van der Waals surface area contributed by atoms with E-state index in [0.29, 0.717) is 5.56 Å². The van der Waals surface area contributed by atoms with E-state index in [4.69, 9.17) is 5.26 Å². The lowest BCUT2D eigenvalue weighted by Gasteiger charge is -2.38. The maximum Gasteiger partial charge on any atom is 0.0991 e. The number of benzene rings is 1. The maximum absolute atomic E-state index is 9.99. The average molecular weight is 218 g/mol. The Hall–Kier alpha value is -1.53. The molecule has 0 saturated carbocycles. The van der Waals surface area contributed by atoms with Gasteiger partial charge < -0.3 is 10.4 Å². The summed E-state index contributed by atoms with van der Waals surface area (Å²) in [5, 5.41) is 21.9. The molecule has 0 aliphatic carbocycles. The summed E-state index contributed by atoms with van der Waals surface area (Å²) in [4.78, 5) is 0. The molecule has 3 nitrogen and oxygen atoms in total. The molecule has 0 unspecified atom stereocenters. The molecule has 0 aliphatic rings. The maximum atomic E-state index is 9.99. The van der Waals surface area contributed by atoms with Crippen LogP contribution in [0.1, 0.15) is 33.3 Å². The first kappa shape index (κ1) is 12.5. The van der Waals surface area contributed by atoms with Crippen LogP contribution < -0.4 is 5.32 Å². The summed E-state index contributed by atoms with van der Waals surface area (Å²) >= 11 is 0. The van der Waals surface area contributed by atoms with E-state index in [0.717, 1.165) is 5.69 Å². The third-order valence-corrected chi connectivity index (χ3v) is 3.00. The molecule has 0 aliphatic heterocycles. The van der Waals surface area contributed by atoms with E-state index in [1.807, 2.05) is 26.0 Å². The lowest BCUT2D eigenvalue weighted by Crippen LogP contribution is -2.51. The van der Waals surface area contributed by atoms with Gasteiger partial charge in [-0.15, -0.1) is 0 Å². The van der Waals surface area contributed by atoms with E-state index < -0.39 is 11.1 Å². The molecule has 0 radical (unpaired) electrons. The van der Waals surface area contributed by atoms with Gasteiger partial charge in [-0.3, -0.25) is 0 Å². The highest BCUT2D eigenvalue weighted by atomic mass is 16.3. The second kappa shape index (κ2) is 4.15. The molecular formula is C13H18N2O. The van der Waals surface area contributed by atoms with Crippen LogP contribution in [0.15, 0.2) is 24.3 Å². The molecule has 86 valence electrons. The topological polar surface area (TPSA) is 56.0 Å². The van der Waals surface area contributed by atoms with Gasteiger partial charge in [0.05, 0.1) is 22.8 Å². The third-order valence-electron chi connectivity index (χ3n) is 3.00. The fourth-order valence-electron chi connectivity index (χ4n) is 1.14. The van der Waals surface area contributed by atoms with Crippen LogP contribution in [-0.4, -0.2) is 16.2 Å². The molecule has 0 saturated heterocycles. The lowest BCUT2D eigenvalue weighted by atomic mass is 9.86. The summed E-state index contributed by atoms with van der Waals surface area (Å²) in [5.41, 5.74) is 0.250. The van der Waals surface area contributed by atoms with Gasteiger partial charge in [0, 0.05) is 5.69 Å². The van der Waals surface area contributed by atoms with E-state index in [1.54, 1.807) is 26.0 Å². The van der Waals surface area contributed by atoms with Crippen LogP contribution in [-0.2, 0) is 0 Å².